The first-order valence-corrected chi connectivity index (χ1v) is 10.4. The third-order valence-electron chi connectivity index (χ3n) is 5.79. The molecule has 0 radical (unpaired) electrons. The summed E-state index contributed by atoms with van der Waals surface area (Å²) >= 11 is 0. The van der Waals surface area contributed by atoms with Crippen molar-refractivity contribution in [2.75, 3.05) is 0 Å². The van der Waals surface area contributed by atoms with Crippen LogP contribution in [0.15, 0.2) is 54.6 Å². The van der Waals surface area contributed by atoms with Gasteiger partial charge in [-0.1, -0.05) is 62.4 Å². The molecule has 1 heterocycles. The number of esters is 1. The van der Waals surface area contributed by atoms with Crippen molar-refractivity contribution < 1.29 is 18.3 Å². The van der Waals surface area contributed by atoms with Gasteiger partial charge in [0.1, 0.15) is 5.82 Å². The first-order chi connectivity index (χ1) is 14.5. The summed E-state index contributed by atoms with van der Waals surface area (Å²) in [5, 5.41) is 0. The highest BCUT2D eigenvalue weighted by Crippen LogP contribution is 2.37. The lowest BCUT2D eigenvalue weighted by molar-refractivity contribution is -0.139. The van der Waals surface area contributed by atoms with Crippen molar-refractivity contribution in [2.45, 2.75) is 39.5 Å². The zero-order valence-electron chi connectivity index (χ0n) is 17.2. The molecule has 30 heavy (non-hydrogen) atoms. The van der Waals surface area contributed by atoms with Gasteiger partial charge < -0.3 is 4.74 Å². The smallest absolute Gasteiger partial charge is 0.314 e. The molecule has 0 fully saturated rings. The Balaban J connectivity index is 1.54. The molecule has 0 saturated carbocycles. The summed E-state index contributed by atoms with van der Waals surface area (Å²) in [5.41, 5.74) is 4.36. The molecule has 1 aliphatic rings. The van der Waals surface area contributed by atoms with Gasteiger partial charge in [0.2, 0.25) is 0 Å². The van der Waals surface area contributed by atoms with Gasteiger partial charge in [0.25, 0.3) is 0 Å². The molecule has 0 aromatic heterocycles. The molecule has 3 aromatic carbocycles. The monoisotopic (exact) mass is 406 g/mol. The Morgan fingerprint density at radius 1 is 0.967 bits per heavy atom. The maximum Gasteiger partial charge on any atom is 0.314 e. The topological polar surface area (TPSA) is 26.3 Å². The van der Waals surface area contributed by atoms with Crippen LogP contribution in [-0.2, 0) is 30.5 Å². The molecule has 3 aromatic rings. The van der Waals surface area contributed by atoms with E-state index in [-0.39, 0.29) is 23.0 Å². The van der Waals surface area contributed by atoms with Gasteiger partial charge in [-0.15, -0.1) is 0 Å². The lowest BCUT2D eigenvalue weighted by Crippen LogP contribution is -2.26. The fraction of sp³-hybridized carbons (Fsp3) is 0.269. The van der Waals surface area contributed by atoms with Gasteiger partial charge in [0.15, 0.2) is 11.6 Å². The maximum atomic E-state index is 15.0. The van der Waals surface area contributed by atoms with Gasteiger partial charge in [-0.2, -0.15) is 0 Å². The van der Waals surface area contributed by atoms with E-state index in [2.05, 4.69) is 31.2 Å². The molecule has 1 aliphatic heterocycles. The van der Waals surface area contributed by atoms with Crippen LogP contribution in [0.4, 0.5) is 8.78 Å². The van der Waals surface area contributed by atoms with E-state index in [9.17, 15) is 9.18 Å². The number of halogens is 2. The van der Waals surface area contributed by atoms with Crippen LogP contribution in [-0.4, -0.2) is 5.97 Å². The minimum Gasteiger partial charge on any atom is -0.423 e. The summed E-state index contributed by atoms with van der Waals surface area (Å²) in [5.74, 6) is -1.74. The summed E-state index contributed by atoms with van der Waals surface area (Å²) in [6.45, 7) is 3.87. The van der Waals surface area contributed by atoms with E-state index >= 15 is 4.39 Å². The van der Waals surface area contributed by atoms with Crippen LogP contribution < -0.4 is 4.74 Å². The predicted octanol–water partition coefficient (Wildman–Crippen LogP) is 6.08. The molecule has 0 N–H and O–H groups in total. The highest BCUT2D eigenvalue weighted by atomic mass is 19.1. The summed E-state index contributed by atoms with van der Waals surface area (Å²) in [7, 11) is 0. The van der Waals surface area contributed by atoms with Crippen LogP contribution in [0.1, 0.15) is 36.1 Å². The SMILES string of the molecule is CCc1ccc(CCc2ccc(-c3ccc4c(c3F)OC(=O)C(C)C4)cc2F)cc1. The largest absolute Gasteiger partial charge is 0.423 e. The number of carbonyl (C=O) groups excluding carboxylic acids is 1. The number of carbonyl (C=O) groups is 1. The lowest BCUT2D eigenvalue weighted by Gasteiger charge is -2.22. The summed E-state index contributed by atoms with van der Waals surface area (Å²) < 4.78 is 34.9. The quantitative estimate of drug-likeness (QED) is 0.379. The normalized spacial score (nSPS) is 15.6. The second kappa shape index (κ2) is 8.39. The second-order valence-corrected chi connectivity index (χ2v) is 7.92. The average molecular weight is 406 g/mol. The zero-order chi connectivity index (χ0) is 21.3. The Labute approximate surface area is 175 Å². The minimum absolute atomic E-state index is 0.0318. The van der Waals surface area contributed by atoms with Crippen LogP contribution in [0.5, 0.6) is 5.75 Å². The van der Waals surface area contributed by atoms with Gasteiger partial charge in [-0.25, -0.2) is 8.78 Å². The van der Waals surface area contributed by atoms with Crippen molar-refractivity contribution in [3.8, 4) is 16.9 Å². The second-order valence-electron chi connectivity index (χ2n) is 7.92. The van der Waals surface area contributed by atoms with Gasteiger partial charge in [0, 0.05) is 5.56 Å². The number of hydrogen-bond acceptors (Lipinski definition) is 2. The number of aryl methyl sites for hydroxylation is 3. The summed E-state index contributed by atoms with van der Waals surface area (Å²) in [6.07, 6.45) is 2.74. The van der Waals surface area contributed by atoms with E-state index in [0.717, 1.165) is 18.4 Å². The molecule has 1 atom stereocenters. The molecular formula is C26H24F2O2. The van der Waals surface area contributed by atoms with Gasteiger partial charge in [-0.05, 0) is 59.6 Å². The fourth-order valence-electron chi connectivity index (χ4n) is 3.84. The third-order valence-corrected chi connectivity index (χ3v) is 5.79. The predicted molar refractivity (Wildman–Crippen MR) is 114 cm³/mol. The zero-order valence-corrected chi connectivity index (χ0v) is 17.2. The molecule has 0 saturated heterocycles. The lowest BCUT2D eigenvalue weighted by atomic mass is 9.93. The molecule has 0 aliphatic carbocycles. The van der Waals surface area contributed by atoms with Crippen molar-refractivity contribution in [3.63, 3.8) is 0 Å². The molecule has 0 bridgehead atoms. The van der Waals surface area contributed by atoms with Crippen molar-refractivity contribution in [1.82, 2.24) is 0 Å². The van der Waals surface area contributed by atoms with Crippen LogP contribution in [0, 0.1) is 17.6 Å². The Kier molecular flexibility index (Phi) is 5.67. The van der Waals surface area contributed by atoms with E-state index in [1.807, 2.05) is 0 Å². The summed E-state index contributed by atoms with van der Waals surface area (Å²) in [6, 6.07) is 16.5. The first kappa shape index (κ1) is 20.3. The first-order valence-electron chi connectivity index (χ1n) is 10.4. The van der Waals surface area contributed by atoms with E-state index < -0.39 is 11.8 Å². The molecule has 4 heteroatoms. The van der Waals surface area contributed by atoms with Crippen LogP contribution in [0.25, 0.3) is 11.1 Å². The molecule has 1 unspecified atom stereocenters. The number of fused-ring (bicyclic) bond motifs is 1. The van der Waals surface area contributed by atoms with Gasteiger partial charge in [-0.3, -0.25) is 4.79 Å². The maximum absolute atomic E-state index is 15.0. The standard InChI is InChI=1S/C26H24F2O2/c1-3-17-4-6-18(7-5-17)8-9-19-10-11-20(15-23(19)27)22-13-12-21-14-16(2)26(29)30-25(21)24(22)28/h4-7,10-13,15-16H,3,8-9,14H2,1-2H3. The van der Waals surface area contributed by atoms with Crippen LogP contribution in [0.3, 0.4) is 0 Å². The van der Waals surface area contributed by atoms with Crippen molar-refractivity contribution in [3.05, 3.63) is 88.5 Å². The van der Waals surface area contributed by atoms with Crippen LogP contribution >= 0.6 is 0 Å². The average Bonchev–Trinajstić information content (AvgIpc) is 2.75. The summed E-state index contributed by atoms with van der Waals surface area (Å²) in [4.78, 5) is 11.8. The van der Waals surface area contributed by atoms with Crippen molar-refractivity contribution >= 4 is 5.97 Å². The number of hydrogen-bond donors (Lipinski definition) is 0. The van der Waals surface area contributed by atoms with E-state index in [0.29, 0.717) is 29.5 Å². The highest BCUT2D eigenvalue weighted by molar-refractivity contribution is 5.79. The van der Waals surface area contributed by atoms with E-state index in [1.165, 1.54) is 11.6 Å². The van der Waals surface area contributed by atoms with Crippen LogP contribution in [0.2, 0.25) is 0 Å². The minimum atomic E-state index is -0.615. The Morgan fingerprint density at radius 3 is 2.40 bits per heavy atom. The highest BCUT2D eigenvalue weighted by Gasteiger charge is 2.28. The van der Waals surface area contributed by atoms with Gasteiger partial charge in [0.05, 0.1) is 5.92 Å². The van der Waals surface area contributed by atoms with Gasteiger partial charge >= 0.3 is 5.97 Å². The molecule has 4 rings (SSSR count). The number of ether oxygens (including phenoxy) is 1. The van der Waals surface area contributed by atoms with E-state index in [4.69, 9.17) is 4.74 Å². The molecule has 0 amide bonds. The number of rotatable bonds is 5. The van der Waals surface area contributed by atoms with E-state index in [1.54, 1.807) is 31.2 Å². The molecule has 154 valence electrons. The molecule has 2 nitrogen and oxygen atoms in total. The Morgan fingerprint density at radius 2 is 1.70 bits per heavy atom. The Bertz CT molecular complexity index is 1090. The molecular weight excluding hydrogens is 382 g/mol. The number of benzene rings is 3. The molecule has 0 spiro atoms. The van der Waals surface area contributed by atoms with Crippen molar-refractivity contribution in [2.24, 2.45) is 5.92 Å². The fourth-order valence-corrected chi connectivity index (χ4v) is 3.84. The third kappa shape index (κ3) is 4.00. The Hall–Kier alpha value is -3.01. The van der Waals surface area contributed by atoms with Crippen molar-refractivity contribution in [1.29, 1.82) is 0 Å².